The molecule has 0 aliphatic heterocycles. The predicted octanol–water partition coefficient (Wildman–Crippen LogP) is 3.50. The summed E-state index contributed by atoms with van der Waals surface area (Å²) in [6.07, 6.45) is 3.44. The van der Waals surface area contributed by atoms with E-state index in [1.807, 2.05) is 26.8 Å². The second-order valence-electron chi connectivity index (χ2n) is 4.93. The number of hydrogen-bond acceptors (Lipinski definition) is 3. The summed E-state index contributed by atoms with van der Waals surface area (Å²) in [7, 11) is 0. The molecular formula is C15H20FN3O. The second kappa shape index (κ2) is 6.52. The number of benzene rings is 1. The molecule has 2 aromatic rings. The third kappa shape index (κ3) is 3.81. The first-order chi connectivity index (χ1) is 9.58. The first-order valence-corrected chi connectivity index (χ1v) is 6.80. The summed E-state index contributed by atoms with van der Waals surface area (Å²) in [5, 5.41) is 7.36. The molecule has 0 bridgehead atoms. The molecule has 0 saturated heterocycles. The van der Waals surface area contributed by atoms with Crippen LogP contribution >= 0.6 is 0 Å². The maximum Gasteiger partial charge on any atom is 0.165 e. The number of rotatable bonds is 6. The largest absolute Gasteiger partial charge is 0.454 e. The zero-order valence-corrected chi connectivity index (χ0v) is 12.1. The molecule has 1 aromatic carbocycles. The van der Waals surface area contributed by atoms with E-state index in [1.54, 1.807) is 17.1 Å². The number of aromatic nitrogens is 2. The van der Waals surface area contributed by atoms with E-state index in [1.165, 1.54) is 12.1 Å². The summed E-state index contributed by atoms with van der Waals surface area (Å²) >= 11 is 0. The summed E-state index contributed by atoms with van der Waals surface area (Å²) in [5.41, 5.74) is 0.859. The van der Waals surface area contributed by atoms with Crippen LogP contribution in [0.3, 0.4) is 0 Å². The van der Waals surface area contributed by atoms with Crippen LogP contribution in [0.1, 0.15) is 32.4 Å². The third-order valence-corrected chi connectivity index (χ3v) is 2.85. The lowest BCUT2D eigenvalue weighted by atomic mass is 10.2. The number of nitrogens with zero attached hydrogens (tertiary/aromatic N) is 2. The van der Waals surface area contributed by atoms with E-state index in [4.69, 9.17) is 4.74 Å². The first-order valence-electron chi connectivity index (χ1n) is 6.80. The van der Waals surface area contributed by atoms with Gasteiger partial charge < -0.3 is 10.1 Å². The molecule has 0 amide bonds. The summed E-state index contributed by atoms with van der Waals surface area (Å²) in [6, 6.07) is 4.98. The van der Waals surface area contributed by atoms with Crippen LogP contribution in [0, 0.1) is 5.82 Å². The van der Waals surface area contributed by atoms with Gasteiger partial charge in [-0.2, -0.15) is 5.10 Å². The zero-order valence-electron chi connectivity index (χ0n) is 12.1. The van der Waals surface area contributed by atoms with Gasteiger partial charge in [-0.1, -0.05) is 6.92 Å². The molecule has 1 N–H and O–H groups in total. The summed E-state index contributed by atoms with van der Waals surface area (Å²) in [5.74, 6) is 0.798. The minimum atomic E-state index is -0.299. The molecule has 1 heterocycles. The highest BCUT2D eigenvalue weighted by Gasteiger charge is 2.06. The summed E-state index contributed by atoms with van der Waals surface area (Å²) < 4.78 is 21.0. The van der Waals surface area contributed by atoms with Gasteiger partial charge in [0.25, 0.3) is 0 Å². The standard InChI is InChI=1S/C15H20FN3O/c1-4-17-8-12-5-13(16)7-14(6-12)20-15-9-18-19(10-15)11(2)3/h5-7,9-11,17H,4,8H2,1-3H3. The predicted molar refractivity (Wildman–Crippen MR) is 76.5 cm³/mol. The quantitative estimate of drug-likeness (QED) is 0.878. The Kier molecular flexibility index (Phi) is 4.74. The Morgan fingerprint density at radius 3 is 2.75 bits per heavy atom. The van der Waals surface area contributed by atoms with Gasteiger partial charge in [-0.05, 0) is 38.1 Å². The fourth-order valence-electron chi connectivity index (χ4n) is 1.84. The van der Waals surface area contributed by atoms with Gasteiger partial charge in [-0.3, -0.25) is 4.68 Å². The molecule has 4 nitrogen and oxygen atoms in total. The number of ether oxygens (including phenoxy) is 1. The fourth-order valence-corrected chi connectivity index (χ4v) is 1.84. The average molecular weight is 277 g/mol. The van der Waals surface area contributed by atoms with Crippen molar-refractivity contribution in [3.8, 4) is 11.5 Å². The molecule has 0 aliphatic rings. The van der Waals surface area contributed by atoms with Crippen molar-refractivity contribution in [2.45, 2.75) is 33.4 Å². The second-order valence-corrected chi connectivity index (χ2v) is 4.93. The Balaban J connectivity index is 2.13. The summed E-state index contributed by atoms with van der Waals surface area (Å²) in [4.78, 5) is 0. The van der Waals surface area contributed by atoms with Gasteiger partial charge in [0.1, 0.15) is 11.6 Å². The number of halogens is 1. The van der Waals surface area contributed by atoms with Crippen LogP contribution in [0.15, 0.2) is 30.6 Å². The normalized spacial score (nSPS) is 11.1. The zero-order chi connectivity index (χ0) is 14.5. The molecule has 1 aromatic heterocycles. The lowest BCUT2D eigenvalue weighted by Gasteiger charge is -2.07. The van der Waals surface area contributed by atoms with Gasteiger partial charge in [-0.25, -0.2) is 4.39 Å². The van der Waals surface area contributed by atoms with Crippen LogP contribution in [0.5, 0.6) is 11.5 Å². The Morgan fingerprint density at radius 1 is 1.30 bits per heavy atom. The molecule has 0 fully saturated rings. The van der Waals surface area contributed by atoms with Crippen LogP contribution in [0.2, 0.25) is 0 Å². The third-order valence-electron chi connectivity index (χ3n) is 2.85. The van der Waals surface area contributed by atoms with E-state index < -0.39 is 0 Å². The van der Waals surface area contributed by atoms with Crippen molar-refractivity contribution >= 4 is 0 Å². The molecule has 0 unspecified atom stereocenters. The van der Waals surface area contributed by atoms with E-state index in [-0.39, 0.29) is 11.9 Å². The van der Waals surface area contributed by atoms with Gasteiger partial charge in [0.05, 0.1) is 12.4 Å². The Labute approximate surface area is 118 Å². The minimum Gasteiger partial charge on any atom is -0.454 e. The van der Waals surface area contributed by atoms with Crippen LogP contribution in [-0.4, -0.2) is 16.3 Å². The fraction of sp³-hybridized carbons (Fsp3) is 0.400. The maximum atomic E-state index is 13.6. The van der Waals surface area contributed by atoms with Crippen LogP contribution in [0.4, 0.5) is 4.39 Å². The van der Waals surface area contributed by atoms with E-state index in [0.29, 0.717) is 18.0 Å². The Bertz CT molecular complexity index is 566. The molecule has 2 rings (SSSR count). The van der Waals surface area contributed by atoms with Crippen molar-refractivity contribution in [2.24, 2.45) is 0 Å². The van der Waals surface area contributed by atoms with Crippen LogP contribution in [0.25, 0.3) is 0 Å². The molecule has 0 radical (unpaired) electrons. The van der Waals surface area contributed by atoms with E-state index in [0.717, 1.165) is 12.1 Å². The maximum absolute atomic E-state index is 13.6. The summed E-state index contributed by atoms with van der Waals surface area (Å²) in [6.45, 7) is 7.54. The minimum absolute atomic E-state index is 0.268. The highest BCUT2D eigenvalue weighted by Crippen LogP contribution is 2.24. The van der Waals surface area contributed by atoms with E-state index >= 15 is 0 Å². The average Bonchev–Trinajstić information content (AvgIpc) is 2.84. The Morgan fingerprint density at radius 2 is 2.10 bits per heavy atom. The van der Waals surface area contributed by atoms with Gasteiger partial charge in [0, 0.05) is 18.7 Å². The van der Waals surface area contributed by atoms with Crippen molar-refractivity contribution < 1.29 is 9.13 Å². The van der Waals surface area contributed by atoms with E-state index in [2.05, 4.69) is 10.4 Å². The van der Waals surface area contributed by atoms with Crippen LogP contribution < -0.4 is 10.1 Å². The highest BCUT2D eigenvalue weighted by atomic mass is 19.1. The van der Waals surface area contributed by atoms with E-state index in [9.17, 15) is 4.39 Å². The van der Waals surface area contributed by atoms with Gasteiger partial charge in [-0.15, -0.1) is 0 Å². The van der Waals surface area contributed by atoms with Crippen molar-refractivity contribution in [1.29, 1.82) is 0 Å². The van der Waals surface area contributed by atoms with Crippen molar-refractivity contribution in [3.05, 3.63) is 42.0 Å². The Hall–Kier alpha value is -1.88. The first kappa shape index (κ1) is 14.5. The van der Waals surface area contributed by atoms with Crippen LogP contribution in [-0.2, 0) is 6.54 Å². The lowest BCUT2D eigenvalue weighted by Crippen LogP contribution is -2.11. The molecule has 0 saturated carbocycles. The van der Waals surface area contributed by atoms with Gasteiger partial charge in [0.15, 0.2) is 5.75 Å². The molecular weight excluding hydrogens is 257 g/mol. The molecule has 108 valence electrons. The number of nitrogens with one attached hydrogen (secondary N) is 1. The molecule has 0 spiro atoms. The van der Waals surface area contributed by atoms with Gasteiger partial charge in [0.2, 0.25) is 0 Å². The van der Waals surface area contributed by atoms with Crippen molar-refractivity contribution in [1.82, 2.24) is 15.1 Å². The molecule has 5 heteroatoms. The number of hydrogen-bond donors (Lipinski definition) is 1. The molecule has 20 heavy (non-hydrogen) atoms. The SMILES string of the molecule is CCNCc1cc(F)cc(Oc2cnn(C(C)C)c2)c1. The van der Waals surface area contributed by atoms with Crippen molar-refractivity contribution in [3.63, 3.8) is 0 Å². The van der Waals surface area contributed by atoms with Gasteiger partial charge >= 0.3 is 0 Å². The molecule has 0 aliphatic carbocycles. The van der Waals surface area contributed by atoms with Crippen molar-refractivity contribution in [2.75, 3.05) is 6.54 Å². The topological polar surface area (TPSA) is 39.1 Å². The highest BCUT2D eigenvalue weighted by molar-refractivity contribution is 5.33. The smallest absolute Gasteiger partial charge is 0.165 e. The molecule has 0 atom stereocenters. The monoisotopic (exact) mass is 277 g/mol. The lowest BCUT2D eigenvalue weighted by molar-refractivity contribution is 0.470.